The van der Waals surface area contributed by atoms with Crippen LogP contribution in [0.4, 0.5) is 0 Å². The summed E-state index contributed by atoms with van der Waals surface area (Å²) in [6.07, 6.45) is 4.43. The minimum atomic E-state index is 0.115. The Morgan fingerprint density at radius 2 is 2.17 bits per heavy atom. The molecule has 1 aromatic carbocycles. The molecule has 18 heavy (non-hydrogen) atoms. The maximum Gasteiger partial charge on any atom is 0.0863 e. The molecule has 0 radical (unpaired) electrons. The molecule has 1 aliphatic heterocycles. The molecule has 0 aromatic heterocycles. The van der Waals surface area contributed by atoms with Crippen molar-refractivity contribution in [1.29, 1.82) is 0 Å². The normalized spacial score (nSPS) is 22.6. The van der Waals surface area contributed by atoms with Crippen molar-refractivity contribution in [2.24, 2.45) is 0 Å². The van der Waals surface area contributed by atoms with Gasteiger partial charge in [-0.25, -0.2) is 0 Å². The van der Waals surface area contributed by atoms with E-state index in [4.69, 9.17) is 11.6 Å². The van der Waals surface area contributed by atoms with E-state index in [1.54, 1.807) is 0 Å². The van der Waals surface area contributed by atoms with Gasteiger partial charge in [-0.2, -0.15) is 0 Å². The lowest BCUT2D eigenvalue weighted by Gasteiger charge is -2.22. The smallest absolute Gasteiger partial charge is 0.0863 e. The fraction of sp³-hybridized carbons (Fsp3) is 0.467. The molecule has 0 spiro atoms. The van der Waals surface area contributed by atoms with Crippen molar-refractivity contribution in [3.05, 3.63) is 47.5 Å². The number of rotatable bonds is 4. The third kappa shape index (κ3) is 4.45. The summed E-state index contributed by atoms with van der Waals surface area (Å²) >= 11 is 6.09. The summed E-state index contributed by atoms with van der Waals surface area (Å²) in [5.74, 6) is 0. The molecule has 1 fully saturated rings. The van der Waals surface area contributed by atoms with Crippen molar-refractivity contribution < 1.29 is 0 Å². The monoisotopic (exact) mass is 264 g/mol. The van der Waals surface area contributed by atoms with Gasteiger partial charge in [0.25, 0.3) is 0 Å². The first-order valence-corrected chi connectivity index (χ1v) is 6.95. The largest absolute Gasteiger partial charge is 0.301 e. The van der Waals surface area contributed by atoms with Crippen LogP contribution >= 0.6 is 11.6 Å². The highest BCUT2D eigenvalue weighted by Crippen LogP contribution is 2.17. The van der Waals surface area contributed by atoms with Crippen LogP contribution < -0.4 is 5.32 Å². The van der Waals surface area contributed by atoms with E-state index in [0.29, 0.717) is 0 Å². The van der Waals surface area contributed by atoms with E-state index in [0.717, 1.165) is 32.5 Å². The zero-order valence-electron chi connectivity index (χ0n) is 10.9. The van der Waals surface area contributed by atoms with Crippen LogP contribution in [0.2, 0.25) is 0 Å². The maximum atomic E-state index is 6.09. The summed E-state index contributed by atoms with van der Waals surface area (Å²) in [6, 6.07) is 10.6. The second-order valence-corrected chi connectivity index (χ2v) is 5.45. The van der Waals surface area contributed by atoms with Gasteiger partial charge in [-0.3, -0.25) is 4.90 Å². The van der Waals surface area contributed by atoms with Crippen LogP contribution in [0.1, 0.15) is 18.4 Å². The molecule has 0 saturated carbocycles. The van der Waals surface area contributed by atoms with E-state index in [1.807, 2.05) is 0 Å². The number of hydrogen-bond donors (Lipinski definition) is 1. The standard InChI is InChI=1S/C15H21ClN2/c1-18(12-14-5-3-2-4-6-14)10-8-13-7-9-17-15(16)11-13/h2-6,8,15,17H,7,9-12H2,1H3/b13-8+. The molecule has 3 heteroatoms. The number of benzene rings is 1. The molecule has 0 aliphatic carbocycles. The molecule has 1 unspecified atom stereocenters. The van der Waals surface area contributed by atoms with Gasteiger partial charge < -0.3 is 5.32 Å². The number of nitrogens with zero attached hydrogens (tertiary/aromatic N) is 1. The lowest BCUT2D eigenvalue weighted by Crippen LogP contribution is -2.30. The van der Waals surface area contributed by atoms with Crippen molar-refractivity contribution >= 4 is 11.6 Å². The molecule has 2 rings (SSSR count). The van der Waals surface area contributed by atoms with E-state index < -0.39 is 0 Å². The number of hydrogen-bond acceptors (Lipinski definition) is 2. The fourth-order valence-corrected chi connectivity index (χ4v) is 2.53. The summed E-state index contributed by atoms with van der Waals surface area (Å²) < 4.78 is 0. The van der Waals surface area contributed by atoms with Gasteiger partial charge in [0.15, 0.2) is 0 Å². The zero-order chi connectivity index (χ0) is 12.8. The van der Waals surface area contributed by atoms with Crippen molar-refractivity contribution in [2.75, 3.05) is 20.1 Å². The average Bonchev–Trinajstić information content (AvgIpc) is 2.38. The first-order chi connectivity index (χ1) is 8.74. The summed E-state index contributed by atoms with van der Waals surface area (Å²) in [7, 11) is 2.16. The molecule has 1 heterocycles. The summed E-state index contributed by atoms with van der Waals surface area (Å²) in [6.45, 7) is 2.99. The van der Waals surface area contributed by atoms with Crippen molar-refractivity contribution in [3.8, 4) is 0 Å². The molecule has 0 bridgehead atoms. The molecule has 1 N–H and O–H groups in total. The Hall–Kier alpha value is -0.830. The number of alkyl halides is 1. The number of halogens is 1. The second kappa shape index (κ2) is 6.93. The maximum absolute atomic E-state index is 6.09. The Labute approximate surface area is 115 Å². The van der Waals surface area contributed by atoms with Gasteiger partial charge in [0.2, 0.25) is 0 Å². The Bertz CT molecular complexity index is 389. The Morgan fingerprint density at radius 1 is 1.39 bits per heavy atom. The number of likely N-dealkylation sites (N-methyl/N-ethyl adjacent to an activating group) is 1. The van der Waals surface area contributed by atoms with Gasteiger partial charge in [0.05, 0.1) is 5.50 Å². The van der Waals surface area contributed by atoms with Crippen LogP contribution in [0.3, 0.4) is 0 Å². The Morgan fingerprint density at radius 3 is 2.89 bits per heavy atom. The lowest BCUT2D eigenvalue weighted by atomic mass is 10.1. The highest BCUT2D eigenvalue weighted by molar-refractivity contribution is 6.20. The number of piperidine rings is 1. The molecule has 98 valence electrons. The van der Waals surface area contributed by atoms with E-state index in [2.05, 4.69) is 53.7 Å². The van der Waals surface area contributed by atoms with Gasteiger partial charge in [0, 0.05) is 19.6 Å². The van der Waals surface area contributed by atoms with Gasteiger partial charge in [0.1, 0.15) is 0 Å². The fourth-order valence-electron chi connectivity index (χ4n) is 2.22. The van der Waals surface area contributed by atoms with E-state index >= 15 is 0 Å². The van der Waals surface area contributed by atoms with Gasteiger partial charge in [-0.1, -0.05) is 42.0 Å². The Balaban J connectivity index is 1.80. The Kier molecular flexibility index (Phi) is 5.24. The molecule has 0 amide bonds. The SMILES string of the molecule is CN(C/C=C1\CCNC(Cl)C1)Cc1ccccc1. The van der Waals surface area contributed by atoms with Crippen molar-refractivity contribution in [3.63, 3.8) is 0 Å². The minimum Gasteiger partial charge on any atom is -0.301 e. The van der Waals surface area contributed by atoms with Crippen molar-refractivity contribution in [1.82, 2.24) is 10.2 Å². The minimum absolute atomic E-state index is 0.115. The van der Waals surface area contributed by atoms with Gasteiger partial charge in [-0.15, -0.1) is 11.6 Å². The number of nitrogens with one attached hydrogen (secondary N) is 1. The third-order valence-electron chi connectivity index (χ3n) is 3.24. The molecule has 1 atom stereocenters. The third-order valence-corrected chi connectivity index (χ3v) is 3.55. The second-order valence-electron chi connectivity index (χ2n) is 4.92. The van der Waals surface area contributed by atoms with Crippen LogP contribution in [0.15, 0.2) is 42.0 Å². The van der Waals surface area contributed by atoms with Gasteiger partial charge in [-0.05, 0) is 25.5 Å². The predicted molar refractivity (Wildman–Crippen MR) is 77.7 cm³/mol. The molecule has 1 aromatic rings. The molecular weight excluding hydrogens is 244 g/mol. The van der Waals surface area contributed by atoms with Crippen molar-refractivity contribution in [2.45, 2.75) is 24.9 Å². The molecule has 1 aliphatic rings. The van der Waals surface area contributed by atoms with Crippen LogP contribution in [-0.4, -0.2) is 30.5 Å². The quantitative estimate of drug-likeness (QED) is 0.511. The van der Waals surface area contributed by atoms with Crippen LogP contribution in [0.25, 0.3) is 0 Å². The van der Waals surface area contributed by atoms with Crippen LogP contribution in [-0.2, 0) is 6.54 Å². The molecular formula is C15H21ClN2. The van der Waals surface area contributed by atoms with E-state index in [1.165, 1.54) is 11.1 Å². The first kappa shape index (κ1) is 13.6. The van der Waals surface area contributed by atoms with E-state index in [-0.39, 0.29) is 5.50 Å². The highest BCUT2D eigenvalue weighted by Gasteiger charge is 2.12. The topological polar surface area (TPSA) is 15.3 Å². The summed E-state index contributed by atoms with van der Waals surface area (Å²) in [5.41, 5.74) is 2.96. The summed E-state index contributed by atoms with van der Waals surface area (Å²) in [5, 5.41) is 3.25. The molecule has 1 saturated heterocycles. The predicted octanol–water partition coefficient (Wildman–Crippen LogP) is 2.99. The van der Waals surface area contributed by atoms with E-state index in [9.17, 15) is 0 Å². The molecule has 2 nitrogen and oxygen atoms in total. The first-order valence-electron chi connectivity index (χ1n) is 6.52. The zero-order valence-corrected chi connectivity index (χ0v) is 11.7. The highest BCUT2D eigenvalue weighted by atomic mass is 35.5. The van der Waals surface area contributed by atoms with Crippen LogP contribution in [0.5, 0.6) is 0 Å². The van der Waals surface area contributed by atoms with Crippen LogP contribution in [0, 0.1) is 0 Å². The average molecular weight is 265 g/mol. The van der Waals surface area contributed by atoms with Gasteiger partial charge >= 0.3 is 0 Å². The lowest BCUT2D eigenvalue weighted by molar-refractivity contribution is 0.361. The summed E-state index contributed by atoms with van der Waals surface area (Å²) in [4.78, 5) is 2.33.